The summed E-state index contributed by atoms with van der Waals surface area (Å²) in [5.41, 5.74) is 0. The minimum Gasteiger partial charge on any atom is -0.481 e. The van der Waals surface area contributed by atoms with Gasteiger partial charge in [-0.2, -0.15) is 0 Å². The molecule has 0 aromatic carbocycles. The maximum absolute atomic E-state index is 11.6. The molecular formula is C10H17NO3. The number of carbonyl (C=O) groups excluding carboxylic acids is 1. The summed E-state index contributed by atoms with van der Waals surface area (Å²) >= 11 is 0. The van der Waals surface area contributed by atoms with Crippen LogP contribution >= 0.6 is 0 Å². The van der Waals surface area contributed by atoms with Crippen molar-refractivity contribution in [3.05, 3.63) is 0 Å². The highest BCUT2D eigenvalue weighted by atomic mass is 16.4. The van der Waals surface area contributed by atoms with Crippen LogP contribution in [0.3, 0.4) is 0 Å². The number of hydrogen-bond donors (Lipinski definition) is 1. The van der Waals surface area contributed by atoms with Gasteiger partial charge in [0, 0.05) is 19.0 Å². The average molecular weight is 199 g/mol. The summed E-state index contributed by atoms with van der Waals surface area (Å²) in [5.74, 6) is -0.914. The van der Waals surface area contributed by atoms with Crippen molar-refractivity contribution in [2.45, 2.75) is 45.1 Å². The van der Waals surface area contributed by atoms with E-state index in [9.17, 15) is 9.59 Å². The Morgan fingerprint density at radius 3 is 2.64 bits per heavy atom. The third-order valence-electron chi connectivity index (χ3n) is 2.68. The van der Waals surface area contributed by atoms with E-state index in [1.54, 1.807) is 0 Å². The summed E-state index contributed by atoms with van der Waals surface area (Å²) in [6.07, 6.45) is 3.34. The number of hydrogen-bond acceptors (Lipinski definition) is 2. The van der Waals surface area contributed by atoms with E-state index in [1.807, 2.05) is 11.8 Å². The second-order valence-corrected chi connectivity index (χ2v) is 3.83. The number of piperidine rings is 1. The molecule has 1 N–H and O–H groups in total. The van der Waals surface area contributed by atoms with Crippen LogP contribution < -0.4 is 0 Å². The van der Waals surface area contributed by atoms with Gasteiger partial charge in [-0.25, -0.2) is 0 Å². The first-order chi connectivity index (χ1) is 6.61. The number of carbonyl (C=O) groups is 2. The number of aliphatic carboxylic acids is 1. The number of amides is 1. The Bertz CT molecular complexity index is 227. The fourth-order valence-corrected chi connectivity index (χ4v) is 1.83. The lowest BCUT2D eigenvalue weighted by Gasteiger charge is -2.33. The van der Waals surface area contributed by atoms with E-state index in [1.165, 1.54) is 6.42 Å². The second-order valence-electron chi connectivity index (χ2n) is 3.83. The lowest BCUT2D eigenvalue weighted by Crippen LogP contribution is -2.42. The van der Waals surface area contributed by atoms with Crippen LogP contribution in [0, 0.1) is 0 Å². The zero-order valence-electron chi connectivity index (χ0n) is 8.53. The number of carboxylic acids is 1. The minimum atomic E-state index is -0.900. The molecular weight excluding hydrogens is 182 g/mol. The molecule has 1 aliphatic heterocycles. The van der Waals surface area contributed by atoms with Crippen LogP contribution in [0.5, 0.6) is 0 Å². The molecule has 1 rings (SSSR count). The maximum atomic E-state index is 11.6. The number of rotatable bonds is 3. The van der Waals surface area contributed by atoms with E-state index >= 15 is 0 Å². The summed E-state index contributed by atoms with van der Waals surface area (Å²) in [7, 11) is 0. The van der Waals surface area contributed by atoms with Crippen LogP contribution in [0.1, 0.15) is 39.0 Å². The summed E-state index contributed by atoms with van der Waals surface area (Å²) in [6.45, 7) is 2.82. The van der Waals surface area contributed by atoms with Crippen LogP contribution in [0.4, 0.5) is 0 Å². The molecule has 1 atom stereocenters. The standard InChI is InChI=1S/C10H17NO3/c1-8-4-2-3-7-11(8)9(12)5-6-10(13)14/h8H,2-7H2,1H3,(H,13,14)/t8-/m1/s1. The van der Waals surface area contributed by atoms with E-state index in [0.717, 1.165) is 19.4 Å². The fraction of sp³-hybridized carbons (Fsp3) is 0.800. The van der Waals surface area contributed by atoms with Gasteiger partial charge in [0.15, 0.2) is 0 Å². The van der Waals surface area contributed by atoms with Gasteiger partial charge in [0.1, 0.15) is 0 Å². The zero-order valence-corrected chi connectivity index (χ0v) is 8.53. The summed E-state index contributed by atoms with van der Waals surface area (Å²) < 4.78 is 0. The van der Waals surface area contributed by atoms with Gasteiger partial charge in [-0.15, -0.1) is 0 Å². The van der Waals surface area contributed by atoms with Gasteiger partial charge in [0.2, 0.25) is 5.91 Å². The fourth-order valence-electron chi connectivity index (χ4n) is 1.83. The average Bonchev–Trinajstić information content (AvgIpc) is 2.15. The molecule has 0 radical (unpaired) electrons. The van der Waals surface area contributed by atoms with Crippen molar-refractivity contribution in [2.75, 3.05) is 6.54 Å². The van der Waals surface area contributed by atoms with E-state index in [2.05, 4.69) is 0 Å². The maximum Gasteiger partial charge on any atom is 0.303 e. The highest BCUT2D eigenvalue weighted by Gasteiger charge is 2.22. The molecule has 0 aliphatic carbocycles. The molecule has 4 heteroatoms. The highest BCUT2D eigenvalue weighted by molar-refractivity contribution is 5.81. The first kappa shape index (κ1) is 11.0. The van der Waals surface area contributed by atoms with Gasteiger partial charge in [0.05, 0.1) is 6.42 Å². The van der Waals surface area contributed by atoms with Gasteiger partial charge >= 0.3 is 5.97 Å². The smallest absolute Gasteiger partial charge is 0.303 e. The quantitative estimate of drug-likeness (QED) is 0.744. The topological polar surface area (TPSA) is 57.6 Å². The van der Waals surface area contributed by atoms with E-state index in [0.29, 0.717) is 0 Å². The van der Waals surface area contributed by atoms with Crippen molar-refractivity contribution in [1.82, 2.24) is 4.90 Å². The third kappa shape index (κ3) is 3.01. The Labute approximate surface area is 83.9 Å². The predicted octanol–water partition coefficient (Wildman–Crippen LogP) is 1.25. The predicted molar refractivity (Wildman–Crippen MR) is 51.9 cm³/mol. The molecule has 0 aromatic heterocycles. The largest absolute Gasteiger partial charge is 0.481 e. The second kappa shape index (κ2) is 4.98. The normalized spacial score (nSPS) is 22.1. The van der Waals surface area contributed by atoms with Crippen LogP contribution in [0.2, 0.25) is 0 Å². The Kier molecular flexibility index (Phi) is 3.92. The molecule has 14 heavy (non-hydrogen) atoms. The molecule has 0 aromatic rings. The van der Waals surface area contributed by atoms with Crippen molar-refractivity contribution in [1.29, 1.82) is 0 Å². The molecule has 1 heterocycles. The molecule has 0 spiro atoms. The first-order valence-corrected chi connectivity index (χ1v) is 5.12. The number of nitrogens with zero attached hydrogens (tertiary/aromatic N) is 1. The van der Waals surface area contributed by atoms with Gasteiger partial charge < -0.3 is 10.0 Å². The molecule has 1 saturated heterocycles. The third-order valence-corrected chi connectivity index (χ3v) is 2.68. The Hall–Kier alpha value is -1.06. The Balaban J connectivity index is 2.38. The van der Waals surface area contributed by atoms with Crippen molar-refractivity contribution in [3.63, 3.8) is 0 Å². The lowest BCUT2D eigenvalue weighted by molar-refractivity contribution is -0.142. The first-order valence-electron chi connectivity index (χ1n) is 5.12. The zero-order chi connectivity index (χ0) is 10.6. The molecule has 0 unspecified atom stereocenters. The molecule has 1 aliphatic rings. The molecule has 0 bridgehead atoms. The molecule has 0 saturated carbocycles. The minimum absolute atomic E-state index is 0.0143. The van der Waals surface area contributed by atoms with Crippen LogP contribution in [-0.4, -0.2) is 34.5 Å². The van der Waals surface area contributed by atoms with Crippen molar-refractivity contribution >= 4 is 11.9 Å². The Morgan fingerprint density at radius 1 is 1.36 bits per heavy atom. The summed E-state index contributed by atoms with van der Waals surface area (Å²) in [4.78, 5) is 23.7. The van der Waals surface area contributed by atoms with Crippen molar-refractivity contribution in [3.8, 4) is 0 Å². The lowest BCUT2D eigenvalue weighted by atomic mass is 10.0. The Morgan fingerprint density at radius 2 is 2.07 bits per heavy atom. The number of carboxylic acid groups (broad SMARTS) is 1. The van der Waals surface area contributed by atoms with E-state index in [4.69, 9.17) is 5.11 Å². The monoisotopic (exact) mass is 199 g/mol. The molecule has 1 amide bonds. The van der Waals surface area contributed by atoms with Crippen molar-refractivity contribution < 1.29 is 14.7 Å². The molecule has 4 nitrogen and oxygen atoms in total. The van der Waals surface area contributed by atoms with Gasteiger partial charge in [-0.05, 0) is 26.2 Å². The summed E-state index contributed by atoms with van der Waals surface area (Å²) in [5, 5.41) is 8.46. The van der Waals surface area contributed by atoms with Gasteiger partial charge in [-0.3, -0.25) is 9.59 Å². The van der Waals surface area contributed by atoms with E-state index < -0.39 is 5.97 Å². The SMILES string of the molecule is C[C@@H]1CCCCN1C(=O)CCC(=O)O. The van der Waals surface area contributed by atoms with Crippen molar-refractivity contribution in [2.24, 2.45) is 0 Å². The van der Waals surface area contributed by atoms with Gasteiger partial charge in [0.25, 0.3) is 0 Å². The van der Waals surface area contributed by atoms with Gasteiger partial charge in [-0.1, -0.05) is 0 Å². The van der Waals surface area contributed by atoms with Crippen LogP contribution in [0.15, 0.2) is 0 Å². The van der Waals surface area contributed by atoms with E-state index in [-0.39, 0.29) is 24.8 Å². The molecule has 80 valence electrons. The summed E-state index contributed by atoms with van der Waals surface area (Å²) in [6, 6.07) is 0.282. The van der Waals surface area contributed by atoms with Crippen LogP contribution in [0.25, 0.3) is 0 Å². The molecule has 1 fully saturated rings. The van der Waals surface area contributed by atoms with Crippen LogP contribution in [-0.2, 0) is 9.59 Å². The highest BCUT2D eigenvalue weighted by Crippen LogP contribution is 2.17. The number of likely N-dealkylation sites (tertiary alicyclic amines) is 1.